The summed E-state index contributed by atoms with van der Waals surface area (Å²) in [5, 5.41) is 0. The van der Waals surface area contributed by atoms with Gasteiger partial charge in [0.25, 0.3) is 0 Å². The molecule has 0 atom stereocenters. The largest absolute Gasteiger partial charge is 0.496 e. The molecule has 0 saturated heterocycles. The smallest absolute Gasteiger partial charge is 0.231 e. The van der Waals surface area contributed by atoms with Crippen LogP contribution in [0.5, 0.6) is 17.2 Å². The zero-order valence-electron chi connectivity index (χ0n) is 11.1. The number of benzene rings is 1. The minimum atomic E-state index is -0.270. The summed E-state index contributed by atoms with van der Waals surface area (Å²) in [7, 11) is 1.68. The molecule has 2 aliphatic rings. The molecule has 0 bridgehead atoms. The van der Waals surface area contributed by atoms with Crippen LogP contribution in [0, 0.1) is 0 Å². The van der Waals surface area contributed by atoms with E-state index in [9.17, 15) is 0 Å². The molecule has 98 valence electrons. The maximum absolute atomic E-state index is 6.35. The van der Waals surface area contributed by atoms with E-state index in [4.69, 9.17) is 19.9 Å². The Morgan fingerprint density at radius 1 is 1.22 bits per heavy atom. The van der Waals surface area contributed by atoms with E-state index in [0.717, 1.165) is 35.7 Å². The van der Waals surface area contributed by atoms with Crippen molar-refractivity contribution in [3.05, 3.63) is 17.7 Å². The molecule has 0 aromatic heterocycles. The third-order valence-electron chi connectivity index (χ3n) is 4.19. The maximum atomic E-state index is 6.35. The second-order valence-corrected chi connectivity index (χ2v) is 5.71. The molecule has 1 aromatic carbocycles. The van der Waals surface area contributed by atoms with Crippen LogP contribution in [-0.2, 0) is 5.41 Å². The molecular weight excluding hydrogens is 230 g/mol. The normalized spacial score (nSPS) is 19.8. The highest BCUT2D eigenvalue weighted by molar-refractivity contribution is 5.57. The van der Waals surface area contributed by atoms with Gasteiger partial charge in [0.1, 0.15) is 5.75 Å². The van der Waals surface area contributed by atoms with Crippen LogP contribution in [0.4, 0.5) is 0 Å². The van der Waals surface area contributed by atoms with Gasteiger partial charge in [-0.05, 0) is 32.8 Å². The third kappa shape index (κ3) is 1.48. The van der Waals surface area contributed by atoms with Crippen LogP contribution >= 0.6 is 0 Å². The highest BCUT2D eigenvalue weighted by Crippen LogP contribution is 2.58. The molecule has 0 spiro atoms. The minimum Gasteiger partial charge on any atom is -0.496 e. The number of nitrogens with two attached hydrogens (primary N) is 1. The first-order valence-electron chi connectivity index (χ1n) is 6.25. The second kappa shape index (κ2) is 3.54. The summed E-state index contributed by atoms with van der Waals surface area (Å²) >= 11 is 0. The Morgan fingerprint density at radius 2 is 1.83 bits per heavy atom. The zero-order chi connectivity index (χ0) is 13.0. The van der Waals surface area contributed by atoms with Crippen LogP contribution in [0.3, 0.4) is 0 Å². The van der Waals surface area contributed by atoms with Crippen molar-refractivity contribution in [2.75, 3.05) is 13.9 Å². The Balaban J connectivity index is 2.12. The van der Waals surface area contributed by atoms with Crippen LogP contribution in [-0.4, -0.2) is 19.4 Å². The number of fused-ring (bicyclic) bond motifs is 1. The van der Waals surface area contributed by atoms with Crippen LogP contribution in [0.1, 0.15) is 32.3 Å². The molecule has 1 saturated carbocycles. The van der Waals surface area contributed by atoms with Crippen molar-refractivity contribution < 1.29 is 14.2 Å². The fourth-order valence-corrected chi connectivity index (χ4v) is 2.85. The minimum absolute atomic E-state index is 0.000671. The topological polar surface area (TPSA) is 53.7 Å². The van der Waals surface area contributed by atoms with Gasteiger partial charge in [-0.15, -0.1) is 0 Å². The van der Waals surface area contributed by atoms with Gasteiger partial charge in [-0.2, -0.15) is 0 Å². The predicted octanol–water partition coefficient (Wildman–Crippen LogP) is 2.19. The highest BCUT2D eigenvalue weighted by atomic mass is 16.7. The molecule has 1 heterocycles. The molecule has 0 unspecified atom stereocenters. The first-order chi connectivity index (χ1) is 8.48. The summed E-state index contributed by atoms with van der Waals surface area (Å²) in [6.45, 7) is 4.43. The molecule has 1 aliphatic carbocycles. The van der Waals surface area contributed by atoms with E-state index in [2.05, 4.69) is 13.8 Å². The van der Waals surface area contributed by atoms with E-state index in [1.165, 1.54) is 0 Å². The number of hydrogen-bond donors (Lipinski definition) is 1. The molecule has 0 amide bonds. The molecule has 0 radical (unpaired) electrons. The van der Waals surface area contributed by atoms with Gasteiger partial charge in [0, 0.05) is 22.6 Å². The van der Waals surface area contributed by atoms with Gasteiger partial charge >= 0.3 is 0 Å². The lowest BCUT2D eigenvalue weighted by molar-refractivity contribution is 0.174. The first-order valence-corrected chi connectivity index (χ1v) is 6.25. The van der Waals surface area contributed by atoms with Crippen LogP contribution in [0.2, 0.25) is 0 Å². The van der Waals surface area contributed by atoms with Crippen molar-refractivity contribution in [3.63, 3.8) is 0 Å². The second-order valence-electron chi connectivity index (χ2n) is 5.71. The van der Waals surface area contributed by atoms with Crippen molar-refractivity contribution >= 4 is 0 Å². The zero-order valence-corrected chi connectivity index (χ0v) is 11.1. The van der Waals surface area contributed by atoms with Crippen LogP contribution in [0.25, 0.3) is 0 Å². The summed E-state index contributed by atoms with van der Waals surface area (Å²) in [6, 6.07) is 3.94. The third-order valence-corrected chi connectivity index (χ3v) is 4.19. The molecule has 3 rings (SSSR count). The summed E-state index contributed by atoms with van der Waals surface area (Å²) in [4.78, 5) is 0. The van der Waals surface area contributed by atoms with Gasteiger partial charge in [0.2, 0.25) is 6.79 Å². The van der Waals surface area contributed by atoms with Gasteiger partial charge in [-0.3, -0.25) is 0 Å². The Kier molecular flexibility index (Phi) is 2.29. The summed E-state index contributed by atoms with van der Waals surface area (Å²) < 4.78 is 16.3. The summed E-state index contributed by atoms with van der Waals surface area (Å²) in [5.74, 6) is 2.39. The quantitative estimate of drug-likeness (QED) is 0.892. The molecule has 1 fully saturated rings. The monoisotopic (exact) mass is 249 g/mol. The van der Waals surface area contributed by atoms with Crippen molar-refractivity contribution in [1.82, 2.24) is 0 Å². The molecular formula is C14H19NO3. The highest BCUT2D eigenvalue weighted by Gasteiger charge is 2.55. The van der Waals surface area contributed by atoms with Gasteiger partial charge in [-0.1, -0.05) is 0 Å². The summed E-state index contributed by atoms with van der Waals surface area (Å²) in [5.41, 5.74) is 7.22. The molecule has 1 aromatic rings. The molecule has 2 N–H and O–H groups in total. The number of ether oxygens (including phenoxy) is 3. The Morgan fingerprint density at radius 3 is 2.33 bits per heavy atom. The fraction of sp³-hybridized carbons (Fsp3) is 0.571. The Bertz CT molecular complexity index is 487. The lowest BCUT2D eigenvalue weighted by Crippen LogP contribution is -2.45. The molecule has 1 aliphatic heterocycles. The average Bonchev–Trinajstić information content (AvgIpc) is 3.01. The van der Waals surface area contributed by atoms with E-state index in [1.807, 2.05) is 12.1 Å². The lowest BCUT2D eigenvalue weighted by atomic mass is 9.78. The Hall–Kier alpha value is -1.42. The van der Waals surface area contributed by atoms with E-state index in [1.54, 1.807) is 7.11 Å². The van der Waals surface area contributed by atoms with Crippen LogP contribution < -0.4 is 19.9 Å². The predicted molar refractivity (Wildman–Crippen MR) is 68.3 cm³/mol. The lowest BCUT2D eigenvalue weighted by Gasteiger charge is -2.32. The van der Waals surface area contributed by atoms with Gasteiger partial charge in [0.15, 0.2) is 11.5 Å². The molecule has 18 heavy (non-hydrogen) atoms. The summed E-state index contributed by atoms with van der Waals surface area (Å²) in [6.07, 6.45) is 2.18. The van der Waals surface area contributed by atoms with Crippen molar-refractivity contribution in [1.29, 1.82) is 0 Å². The Labute approximate surface area is 107 Å². The number of methoxy groups -OCH3 is 1. The standard InChI is InChI=1S/C14H19NO3/c1-13(2,15)14(4-5-14)9-6-11-12(18-8-17-11)7-10(9)16-3/h6-7H,4-5,8,15H2,1-3H3. The van der Waals surface area contributed by atoms with Crippen LogP contribution in [0.15, 0.2) is 12.1 Å². The van der Waals surface area contributed by atoms with Gasteiger partial charge < -0.3 is 19.9 Å². The van der Waals surface area contributed by atoms with Crippen molar-refractivity contribution in [3.8, 4) is 17.2 Å². The SMILES string of the molecule is COc1cc2c(cc1C1(C(C)(C)N)CC1)OCO2. The average molecular weight is 249 g/mol. The van der Waals surface area contributed by atoms with E-state index in [-0.39, 0.29) is 17.7 Å². The van der Waals surface area contributed by atoms with Gasteiger partial charge in [-0.25, -0.2) is 0 Å². The number of rotatable bonds is 3. The van der Waals surface area contributed by atoms with E-state index in [0.29, 0.717) is 0 Å². The first kappa shape index (κ1) is 11.7. The molecule has 4 nitrogen and oxygen atoms in total. The van der Waals surface area contributed by atoms with Gasteiger partial charge in [0.05, 0.1) is 7.11 Å². The maximum Gasteiger partial charge on any atom is 0.231 e. The van der Waals surface area contributed by atoms with Crippen molar-refractivity contribution in [2.24, 2.45) is 5.73 Å². The van der Waals surface area contributed by atoms with Crippen molar-refractivity contribution in [2.45, 2.75) is 37.6 Å². The van der Waals surface area contributed by atoms with E-state index >= 15 is 0 Å². The van der Waals surface area contributed by atoms with E-state index < -0.39 is 0 Å². The molecule has 4 heteroatoms. The number of hydrogen-bond acceptors (Lipinski definition) is 4. The fourth-order valence-electron chi connectivity index (χ4n) is 2.85.